The molecule has 188 valence electrons. The number of carbonyl (C=O) groups excluding carboxylic acids is 2. The number of phenolic OH excluding ortho intramolecular Hbond substituents is 1. The molecule has 2 aromatic carbocycles. The number of fused-ring (bicyclic) bond motifs is 1. The molecule has 2 N–H and O–H groups in total. The molecule has 1 aliphatic rings. The standard InChI is InChI=1S/C22H20ClF3N4O3S.ClH/c1-12(31)30-6-4-29(5-7-30)11-13-8-15(23)10-16(19(13)32)20(33)28-21-27-17-3-2-14(22(24,25)26)9-18(17)34-21;/h2-3,8-10,32H,4-7,11H2,1H3,(H,27,28,33);1H. The third-order valence-electron chi connectivity index (χ3n) is 5.55. The number of nitrogens with one attached hydrogen (secondary N) is 1. The van der Waals surface area contributed by atoms with Crippen molar-refractivity contribution >= 4 is 62.5 Å². The lowest BCUT2D eigenvalue weighted by Crippen LogP contribution is -2.47. The Bertz CT molecular complexity index is 1260. The van der Waals surface area contributed by atoms with Crippen molar-refractivity contribution in [3.63, 3.8) is 0 Å². The van der Waals surface area contributed by atoms with Gasteiger partial charge in [0.1, 0.15) is 5.75 Å². The number of aromatic nitrogens is 1. The van der Waals surface area contributed by atoms with Gasteiger partial charge in [-0.25, -0.2) is 4.98 Å². The normalized spacial score (nSPS) is 14.6. The second kappa shape index (κ2) is 10.6. The largest absolute Gasteiger partial charge is 0.507 e. The Hall–Kier alpha value is -2.60. The van der Waals surface area contributed by atoms with Crippen LogP contribution in [-0.2, 0) is 17.5 Å². The Balaban J connectivity index is 0.00000342. The first-order valence-electron chi connectivity index (χ1n) is 10.3. The van der Waals surface area contributed by atoms with Crippen LogP contribution in [-0.4, -0.2) is 57.9 Å². The zero-order chi connectivity index (χ0) is 24.6. The van der Waals surface area contributed by atoms with Crippen LogP contribution in [0.3, 0.4) is 0 Å². The highest BCUT2D eigenvalue weighted by Crippen LogP contribution is 2.35. The molecular formula is C22H21Cl2F3N4O3S. The summed E-state index contributed by atoms with van der Waals surface area (Å²) in [4.78, 5) is 32.3. The van der Waals surface area contributed by atoms with Gasteiger partial charge in [0.05, 0.1) is 21.3 Å². The van der Waals surface area contributed by atoms with E-state index >= 15 is 0 Å². The van der Waals surface area contributed by atoms with E-state index < -0.39 is 17.6 Å². The van der Waals surface area contributed by atoms with Gasteiger partial charge < -0.3 is 10.0 Å². The minimum atomic E-state index is -4.48. The maximum atomic E-state index is 13.0. The predicted octanol–water partition coefficient (Wildman–Crippen LogP) is 5.01. The summed E-state index contributed by atoms with van der Waals surface area (Å²) in [6.07, 6.45) is -4.48. The third-order valence-corrected chi connectivity index (χ3v) is 6.70. The van der Waals surface area contributed by atoms with E-state index in [0.717, 1.165) is 23.5 Å². The molecule has 1 aliphatic heterocycles. The van der Waals surface area contributed by atoms with Gasteiger partial charge in [0, 0.05) is 50.2 Å². The number of hydrogen-bond acceptors (Lipinski definition) is 6. The molecule has 7 nitrogen and oxygen atoms in total. The quantitative estimate of drug-likeness (QED) is 0.478. The Morgan fingerprint density at radius 2 is 1.86 bits per heavy atom. The van der Waals surface area contributed by atoms with Gasteiger partial charge in [0.15, 0.2) is 5.13 Å². The van der Waals surface area contributed by atoms with E-state index in [1.54, 1.807) is 11.0 Å². The summed E-state index contributed by atoms with van der Waals surface area (Å²) in [7, 11) is 0. The van der Waals surface area contributed by atoms with Crippen LogP contribution in [0.5, 0.6) is 5.75 Å². The van der Waals surface area contributed by atoms with E-state index in [2.05, 4.69) is 10.3 Å². The molecular weight excluding hydrogens is 528 g/mol. The van der Waals surface area contributed by atoms with Gasteiger partial charge in [-0.05, 0) is 30.3 Å². The van der Waals surface area contributed by atoms with Crippen molar-refractivity contribution in [1.82, 2.24) is 14.8 Å². The van der Waals surface area contributed by atoms with Crippen molar-refractivity contribution in [1.29, 1.82) is 0 Å². The molecule has 2 amide bonds. The topological polar surface area (TPSA) is 85.8 Å². The number of alkyl halides is 3. The number of benzene rings is 2. The van der Waals surface area contributed by atoms with Crippen LogP contribution < -0.4 is 5.32 Å². The average Bonchev–Trinajstić information content (AvgIpc) is 3.17. The number of nitrogens with zero attached hydrogens (tertiary/aromatic N) is 3. The van der Waals surface area contributed by atoms with Crippen molar-refractivity contribution in [2.75, 3.05) is 31.5 Å². The molecule has 1 fully saturated rings. The molecule has 13 heteroatoms. The molecule has 0 bridgehead atoms. The van der Waals surface area contributed by atoms with Crippen LogP contribution in [0.25, 0.3) is 10.2 Å². The van der Waals surface area contributed by atoms with Crippen molar-refractivity contribution in [2.45, 2.75) is 19.6 Å². The molecule has 2 heterocycles. The van der Waals surface area contributed by atoms with Crippen molar-refractivity contribution < 1.29 is 27.9 Å². The summed E-state index contributed by atoms with van der Waals surface area (Å²) in [6.45, 7) is 4.20. The van der Waals surface area contributed by atoms with Crippen molar-refractivity contribution in [3.05, 3.63) is 52.0 Å². The molecule has 0 unspecified atom stereocenters. The second-order valence-electron chi connectivity index (χ2n) is 7.90. The van der Waals surface area contributed by atoms with Gasteiger partial charge in [-0.3, -0.25) is 19.8 Å². The second-order valence-corrected chi connectivity index (χ2v) is 9.36. The lowest BCUT2D eigenvalue weighted by atomic mass is 10.1. The lowest BCUT2D eigenvalue weighted by Gasteiger charge is -2.34. The van der Waals surface area contributed by atoms with E-state index in [-0.39, 0.29) is 44.5 Å². The van der Waals surface area contributed by atoms with Crippen LogP contribution in [0.2, 0.25) is 5.02 Å². The Kier molecular flexibility index (Phi) is 8.15. The first-order chi connectivity index (χ1) is 16.0. The van der Waals surface area contributed by atoms with E-state index in [1.807, 2.05) is 4.90 Å². The average molecular weight is 549 g/mol. The number of carbonyl (C=O) groups is 2. The van der Waals surface area contributed by atoms with Crippen molar-refractivity contribution in [2.24, 2.45) is 0 Å². The number of phenols is 1. The molecule has 35 heavy (non-hydrogen) atoms. The summed E-state index contributed by atoms with van der Waals surface area (Å²) in [5, 5.41) is 13.6. The molecule has 0 aliphatic carbocycles. The van der Waals surface area contributed by atoms with Gasteiger partial charge in [0.2, 0.25) is 5.91 Å². The Morgan fingerprint density at radius 3 is 2.49 bits per heavy atom. The highest BCUT2D eigenvalue weighted by molar-refractivity contribution is 7.22. The van der Waals surface area contributed by atoms with Crippen molar-refractivity contribution in [3.8, 4) is 5.75 Å². The number of hydrogen-bond donors (Lipinski definition) is 2. The van der Waals surface area contributed by atoms with Crippen LogP contribution >= 0.6 is 35.3 Å². The highest BCUT2D eigenvalue weighted by atomic mass is 35.5. The number of halogens is 5. The lowest BCUT2D eigenvalue weighted by molar-refractivity contribution is -0.137. The number of thiazole rings is 1. The number of anilines is 1. The molecule has 1 saturated heterocycles. The highest BCUT2D eigenvalue weighted by Gasteiger charge is 2.31. The predicted molar refractivity (Wildman–Crippen MR) is 130 cm³/mol. The maximum absolute atomic E-state index is 13.0. The number of piperazine rings is 1. The SMILES string of the molecule is CC(=O)N1CCN(Cc2cc(Cl)cc(C(=O)Nc3nc4ccc(C(F)(F)F)cc4s3)c2O)CC1.Cl. The zero-order valence-corrected chi connectivity index (χ0v) is 20.7. The molecule has 1 aromatic heterocycles. The molecule has 0 radical (unpaired) electrons. The molecule has 3 aromatic rings. The molecule has 0 saturated carbocycles. The maximum Gasteiger partial charge on any atom is 0.416 e. The minimum Gasteiger partial charge on any atom is -0.507 e. The summed E-state index contributed by atoms with van der Waals surface area (Å²) in [5.74, 6) is -0.914. The Morgan fingerprint density at radius 1 is 1.17 bits per heavy atom. The molecule has 4 rings (SSSR count). The van der Waals surface area contributed by atoms with Crippen LogP contribution in [0.15, 0.2) is 30.3 Å². The number of amides is 2. The van der Waals surface area contributed by atoms with Crippen LogP contribution in [0, 0.1) is 0 Å². The molecule has 0 spiro atoms. The fraction of sp³-hybridized carbons (Fsp3) is 0.318. The fourth-order valence-corrected chi connectivity index (χ4v) is 4.87. The van der Waals surface area contributed by atoms with Crippen LogP contribution in [0.1, 0.15) is 28.4 Å². The first kappa shape index (κ1) is 27.0. The van der Waals surface area contributed by atoms with E-state index in [0.29, 0.717) is 43.8 Å². The van der Waals surface area contributed by atoms with Gasteiger partial charge in [0.25, 0.3) is 5.91 Å². The number of rotatable bonds is 4. The smallest absolute Gasteiger partial charge is 0.416 e. The monoisotopic (exact) mass is 548 g/mol. The van der Waals surface area contributed by atoms with Gasteiger partial charge in [-0.2, -0.15) is 13.2 Å². The molecule has 0 atom stereocenters. The Labute approximate surface area is 213 Å². The summed E-state index contributed by atoms with van der Waals surface area (Å²) in [5.41, 5.74) is -0.107. The summed E-state index contributed by atoms with van der Waals surface area (Å²) >= 11 is 7.09. The first-order valence-corrected chi connectivity index (χ1v) is 11.5. The zero-order valence-electron chi connectivity index (χ0n) is 18.4. The number of aromatic hydroxyl groups is 1. The van der Waals surface area contributed by atoms with Crippen LogP contribution in [0.4, 0.5) is 18.3 Å². The third kappa shape index (κ3) is 6.16. The summed E-state index contributed by atoms with van der Waals surface area (Å²) < 4.78 is 39.1. The summed E-state index contributed by atoms with van der Waals surface area (Å²) in [6, 6.07) is 6.04. The van der Waals surface area contributed by atoms with E-state index in [9.17, 15) is 27.9 Å². The minimum absolute atomic E-state index is 0. The van der Waals surface area contributed by atoms with Gasteiger partial charge in [-0.1, -0.05) is 22.9 Å². The van der Waals surface area contributed by atoms with E-state index in [1.165, 1.54) is 19.1 Å². The van der Waals surface area contributed by atoms with Gasteiger partial charge >= 0.3 is 6.18 Å². The fourth-order valence-electron chi connectivity index (χ4n) is 3.73. The van der Waals surface area contributed by atoms with E-state index in [4.69, 9.17) is 11.6 Å². The van der Waals surface area contributed by atoms with Gasteiger partial charge in [-0.15, -0.1) is 12.4 Å².